The third kappa shape index (κ3) is 3.53. The molecule has 0 amide bonds. The normalized spacial score (nSPS) is 12.7. The molecule has 0 bridgehead atoms. The van der Waals surface area contributed by atoms with Gasteiger partial charge in [-0.05, 0) is 19.5 Å². The highest BCUT2D eigenvalue weighted by Crippen LogP contribution is 2.21. The number of hydrogen-bond donors (Lipinski definition) is 1. The van der Waals surface area contributed by atoms with Crippen LogP contribution in [0, 0.1) is 6.92 Å². The van der Waals surface area contributed by atoms with Crippen LogP contribution in [-0.4, -0.2) is 35.6 Å². The van der Waals surface area contributed by atoms with Crippen LogP contribution >= 0.6 is 11.3 Å². The minimum atomic E-state index is 0.121. The monoisotopic (exact) mass is 292 g/mol. The van der Waals surface area contributed by atoms with Crippen LogP contribution in [0.25, 0.3) is 0 Å². The topological polar surface area (TPSA) is 64.3 Å². The van der Waals surface area contributed by atoms with Gasteiger partial charge in [0.1, 0.15) is 0 Å². The van der Waals surface area contributed by atoms with Crippen LogP contribution < -0.4 is 10.5 Å². The average Bonchev–Trinajstić information content (AvgIpc) is 2.85. The zero-order valence-electron chi connectivity index (χ0n) is 12.0. The number of ether oxygens (including phenoxy) is 1. The van der Waals surface area contributed by atoms with E-state index < -0.39 is 0 Å². The molecule has 0 fully saturated rings. The lowest BCUT2D eigenvalue weighted by Gasteiger charge is -2.26. The standard InChI is InChI=1S/C14H20N4OS/c1-10-17-12(9-20-10)8-18(2)13(6-15)11-4-5-14(19-3)16-7-11/h4-5,7,9,13H,6,8,15H2,1-3H3. The van der Waals surface area contributed by atoms with Gasteiger partial charge in [0.05, 0.1) is 17.8 Å². The molecule has 2 aromatic rings. The molecule has 2 aromatic heterocycles. The molecule has 6 heteroatoms. The summed E-state index contributed by atoms with van der Waals surface area (Å²) in [5, 5.41) is 3.18. The largest absolute Gasteiger partial charge is 0.481 e. The van der Waals surface area contributed by atoms with Crippen molar-refractivity contribution >= 4 is 11.3 Å². The number of rotatable bonds is 6. The van der Waals surface area contributed by atoms with Crippen molar-refractivity contribution in [2.45, 2.75) is 19.5 Å². The lowest BCUT2D eigenvalue weighted by atomic mass is 10.1. The van der Waals surface area contributed by atoms with Gasteiger partial charge in [-0.15, -0.1) is 11.3 Å². The van der Waals surface area contributed by atoms with Crippen LogP contribution in [0.2, 0.25) is 0 Å². The molecule has 0 aliphatic rings. The Labute approximate surface area is 123 Å². The number of aromatic nitrogens is 2. The minimum absolute atomic E-state index is 0.121. The molecule has 0 aromatic carbocycles. The molecule has 108 valence electrons. The number of nitrogens with zero attached hydrogens (tertiary/aromatic N) is 3. The van der Waals surface area contributed by atoms with E-state index in [1.165, 1.54) is 0 Å². The molecule has 5 nitrogen and oxygen atoms in total. The smallest absolute Gasteiger partial charge is 0.212 e. The molecule has 0 saturated carbocycles. The Morgan fingerprint density at radius 2 is 2.25 bits per heavy atom. The summed E-state index contributed by atoms with van der Waals surface area (Å²) in [7, 11) is 3.66. The summed E-state index contributed by atoms with van der Waals surface area (Å²) in [6.07, 6.45) is 1.82. The Kier molecular flexibility index (Phi) is 5.05. The Morgan fingerprint density at radius 3 is 2.75 bits per heavy atom. The van der Waals surface area contributed by atoms with Crippen LogP contribution in [-0.2, 0) is 6.54 Å². The highest BCUT2D eigenvalue weighted by Gasteiger charge is 2.17. The van der Waals surface area contributed by atoms with Gasteiger partial charge in [0.2, 0.25) is 5.88 Å². The van der Waals surface area contributed by atoms with Gasteiger partial charge in [-0.3, -0.25) is 4.90 Å². The summed E-state index contributed by atoms with van der Waals surface area (Å²) in [6.45, 7) is 3.33. The van der Waals surface area contributed by atoms with Gasteiger partial charge in [0, 0.05) is 36.8 Å². The van der Waals surface area contributed by atoms with E-state index in [0.717, 1.165) is 22.8 Å². The molecule has 1 unspecified atom stereocenters. The highest BCUT2D eigenvalue weighted by atomic mass is 32.1. The minimum Gasteiger partial charge on any atom is -0.481 e. The number of pyridine rings is 1. The van der Waals surface area contributed by atoms with Gasteiger partial charge in [0.15, 0.2) is 0 Å². The van der Waals surface area contributed by atoms with E-state index in [-0.39, 0.29) is 6.04 Å². The van der Waals surface area contributed by atoms with Crippen molar-refractivity contribution < 1.29 is 4.74 Å². The quantitative estimate of drug-likeness (QED) is 0.882. The van der Waals surface area contributed by atoms with Crippen LogP contribution in [0.5, 0.6) is 5.88 Å². The van der Waals surface area contributed by atoms with Gasteiger partial charge < -0.3 is 10.5 Å². The Hall–Kier alpha value is -1.50. The summed E-state index contributed by atoms with van der Waals surface area (Å²) in [4.78, 5) is 10.9. The van der Waals surface area contributed by atoms with Crippen molar-refractivity contribution in [1.29, 1.82) is 0 Å². The summed E-state index contributed by atoms with van der Waals surface area (Å²) in [5.74, 6) is 0.613. The van der Waals surface area contributed by atoms with Crippen molar-refractivity contribution in [3.05, 3.63) is 40.0 Å². The van der Waals surface area contributed by atoms with E-state index in [1.807, 2.05) is 25.3 Å². The SMILES string of the molecule is COc1ccc(C(CN)N(C)Cc2csc(C)n2)cn1. The molecule has 0 radical (unpaired) electrons. The molecule has 2 rings (SSSR count). The van der Waals surface area contributed by atoms with Crippen LogP contribution in [0.15, 0.2) is 23.7 Å². The number of aryl methyl sites for hydroxylation is 1. The van der Waals surface area contributed by atoms with Crippen molar-refractivity contribution in [1.82, 2.24) is 14.9 Å². The summed E-state index contributed by atoms with van der Waals surface area (Å²) in [5.41, 5.74) is 8.08. The zero-order chi connectivity index (χ0) is 14.5. The maximum atomic E-state index is 5.92. The lowest BCUT2D eigenvalue weighted by Crippen LogP contribution is -2.30. The lowest BCUT2D eigenvalue weighted by molar-refractivity contribution is 0.238. The van der Waals surface area contributed by atoms with Crippen molar-refractivity contribution in [2.24, 2.45) is 5.73 Å². The van der Waals surface area contributed by atoms with Gasteiger partial charge in [-0.1, -0.05) is 6.07 Å². The maximum Gasteiger partial charge on any atom is 0.212 e. The first-order chi connectivity index (χ1) is 9.63. The first-order valence-corrected chi connectivity index (χ1v) is 7.33. The second-order valence-electron chi connectivity index (χ2n) is 4.66. The van der Waals surface area contributed by atoms with Crippen molar-refractivity contribution in [2.75, 3.05) is 20.7 Å². The second-order valence-corrected chi connectivity index (χ2v) is 5.72. The third-order valence-corrected chi connectivity index (χ3v) is 4.01. The Balaban J connectivity index is 2.09. The van der Waals surface area contributed by atoms with Crippen LogP contribution in [0.3, 0.4) is 0 Å². The van der Waals surface area contributed by atoms with Gasteiger partial charge >= 0.3 is 0 Å². The average molecular weight is 292 g/mol. The van der Waals surface area contributed by atoms with Gasteiger partial charge in [-0.25, -0.2) is 9.97 Å². The molecule has 2 N–H and O–H groups in total. The number of methoxy groups -OCH3 is 1. The van der Waals surface area contributed by atoms with Crippen LogP contribution in [0.4, 0.5) is 0 Å². The van der Waals surface area contributed by atoms with Crippen LogP contribution in [0.1, 0.15) is 22.3 Å². The molecular weight excluding hydrogens is 272 g/mol. The fourth-order valence-electron chi connectivity index (χ4n) is 2.13. The Morgan fingerprint density at radius 1 is 1.45 bits per heavy atom. The number of nitrogens with two attached hydrogens (primary N) is 1. The molecule has 1 atom stereocenters. The van der Waals surface area contributed by atoms with Crippen molar-refractivity contribution in [3.63, 3.8) is 0 Å². The van der Waals surface area contributed by atoms with E-state index in [9.17, 15) is 0 Å². The van der Waals surface area contributed by atoms with Gasteiger partial charge in [-0.2, -0.15) is 0 Å². The fraction of sp³-hybridized carbons (Fsp3) is 0.429. The molecule has 0 spiro atoms. The summed E-state index contributed by atoms with van der Waals surface area (Å²) >= 11 is 1.67. The van der Waals surface area contributed by atoms with E-state index >= 15 is 0 Å². The fourth-order valence-corrected chi connectivity index (χ4v) is 2.73. The molecule has 2 heterocycles. The summed E-state index contributed by atoms with van der Waals surface area (Å²) < 4.78 is 5.08. The third-order valence-electron chi connectivity index (χ3n) is 3.19. The summed E-state index contributed by atoms with van der Waals surface area (Å²) in [6, 6.07) is 3.99. The zero-order valence-corrected chi connectivity index (χ0v) is 12.9. The van der Waals surface area contributed by atoms with E-state index in [4.69, 9.17) is 10.5 Å². The molecule has 0 aliphatic carbocycles. The molecular formula is C14H20N4OS. The number of thiazole rings is 1. The molecule has 20 heavy (non-hydrogen) atoms. The predicted octanol–water partition coefficient (Wildman–Crippen LogP) is 1.99. The number of likely N-dealkylation sites (N-methyl/N-ethyl adjacent to an activating group) is 1. The van der Waals surface area contributed by atoms with E-state index in [1.54, 1.807) is 18.4 Å². The molecule has 0 saturated heterocycles. The van der Waals surface area contributed by atoms with Gasteiger partial charge in [0.25, 0.3) is 0 Å². The number of hydrogen-bond acceptors (Lipinski definition) is 6. The van der Waals surface area contributed by atoms with Crippen molar-refractivity contribution in [3.8, 4) is 5.88 Å². The highest BCUT2D eigenvalue weighted by molar-refractivity contribution is 7.09. The maximum absolute atomic E-state index is 5.92. The molecule has 0 aliphatic heterocycles. The Bertz CT molecular complexity index is 540. The van der Waals surface area contributed by atoms with E-state index in [0.29, 0.717) is 12.4 Å². The first kappa shape index (κ1) is 14.9. The second kappa shape index (κ2) is 6.78. The first-order valence-electron chi connectivity index (χ1n) is 6.45. The van der Waals surface area contributed by atoms with E-state index in [2.05, 4.69) is 27.3 Å². The predicted molar refractivity (Wildman–Crippen MR) is 80.9 cm³/mol.